The molecule has 0 spiro atoms. The number of aromatic nitrogens is 2. The van der Waals surface area contributed by atoms with Gasteiger partial charge in [-0.15, -0.1) is 0 Å². The predicted molar refractivity (Wildman–Crippen MR) is 139 cm³/mol. The van der Waals surface area contributed by atoms with Crippen molar-refractivity contribution in [2.45, 2.75) is 30.5 Å². The number of alkyl halides is 3. The number of hydrogen-bond donors (Lipinski definition) is 2. The van der Waals surface area contributed by atoms with Crippen LogP contribution in [-0.4, -0.2) is 59.8 Å². The first-order chi connectivity index (χ1) is 19.4. The maximum absolute atomic E-state index is 15.4. The smallest absolute Gasteiger partial charge is 0.435 e. The van der Waals surface area contributed by atoms with Gasteiger partial charge in [0.15, 0.2) is 18.0 Å². The first-order valence-corrected chi connectivity index (χ1v) is 14.2. The molecule has 4 rings (SSSR count). The van der Waals surface area contributed by atoms with Gasteiger partial charge in [0, 0.05) is 11.8 Å². The Bertz CT molecular complexity index is 1470. The van der Waals surface area contributed by atoms with Crippen LogP contribution in [0.4, 0.5) is 17.6 Å². The molecule has 0 bridgehead atoms. The van der Waals surface area contributed by atoms with Crippen molar-refractivity contribution in [3.63, 3.8) is 0 Å². The summed E-state index contributed by atoms with van der Waals surface area (Å²) in [5.74, 6) is -0.393. The molecule has 0 saturated carbocycles. The molecule has 11 nitrogen and oxygen atoms in total. The molecule has 17 heteroatoms. The van der Waals surface area contributed by atoms with Crippen molar-refractivity contribution in [2.75, 3.05) is 20.8 Å². The van der Waals surface area contributed by atoms with Crippen LogP contribution in [0.15, 0.2) is 64.3 Å². The SMILES string of the molecule is COc1ccc(OP(=S)(OCC2(C(F)F)OC(n3cc(F)c(=O)[nH]c3=O)C(O)C2F)Oc2ccc(OC)cc2)cc1. The molecule has 0 amide bonds. The van der Waals surface area contributed by atoms with E-state index < -0.39 is 60.9 Å². The van der Waals surface area contributed by atoms with Gasteiger partial charge in [-0.2, -0.15) is 4.39 Å². The molecule has 222 valence electrons. The summed E-state index contributed by atoms with van der Waals surface area (Å²) in [6, 6.07) is 11.8. The van der Waals surface area contributed by atoms with Gasteiger partial charge in [-0.05, 0) is 48.5 Å². The number of hydrogen-bond acceptors (Lipinski definition) is 10. The van der Waals surface area contributed by atoms with E-state index in [0.717, 1.165) is 0 Å². The Kier molecular flexibility index (Phi) is 9.09. The lowest BCUT2D eigenvalue weighted by Gasteiger charge is -2.32. The van der Waals surface area contributed by atoms with Crippen LogP contribution in [0.25, 0.3) is 0 Å². The minimum atomic E-state index is -4.09. The summed E-state index contributed by atoms with van der Waals surface area (Å²) in [7, 11) is 2.87. The molecular formula is C24H23F4N2O9PS. The van der Waals surface area contributed by atoms with Crippen molar-refractivity contribution >= 4 is 18.5 Å². The van der Waals surface area contributed by atoms with Crippen molar-refractivity contribution in [3.05, 3.63) is 81.4 Å². The lowest BCUT2D eigenvalue weighted by atomic mass is 9.98. The van der Waals surface area contributed by atoms with Crippen LogP contribution in [0.5, 0.6) is 23.0 Å². The monoisotopic (exact) mass is 622 g/mol. The average molecular weight is 622 g/mol. The Balaban J connectivity index is 1.65. The van der Waals surface area contributed by atoms with Gasteiger partial charge in [-0.25, -0.2) is 18.0 Å². The number of benzene rings is 2. The number of aliphatic hydroxyl groups excluding tert-OH is 1. The van der Waals surface area contributed by atoms with Gasteiger partial charge in [-0.1, -0.05) is 0 Å². The molecule has 41 heavy (non-hydrogen) atoms. The molecule has 2 heterocycles. The Labute approximate surface area is 234 Å². The van der Waals surface area contributed by atoms with E-state index in [1.165, 1.54) is 62.8 Å². The average Bonchev–Trinajstić information content (AvgIpc) is 3.21. The maximum atomic E-state index is 15.4. The van der Waals surface area contributed by atoms with E-state index in [-0.39, 0.29) is 16.1 Å². The highest BCUT2D eigenvalue weighted by Gasteiger charge is 2.62. The van der Waals surface area contributed by atoms with Crippen LogP contribution in [-0.2, 0) is 21.1 Å². The standard InChI is InChI=1S/C24H23F4N2O9PS/c1-34-13-3-7-15(8-4-13)38-40(41,39-16-9-5-14(35-2)6-10-16)36-12-24(22(27)28)19(26)18(31)21(37-24)30-11-17(25)20(32)29-23(30)33/h3-11,18-19,21-22,31H,12H2,1-2H3,(H,29,32,33). The number of aliphatic hydroxyl groups is 1. The van der Waals surface area contributed by atoms with Crippen molar-refractivity contribution in [1.82, 2.24) is 9.55 Å². The van der Waals surface area contributed by atoms with Crippen LogP contribution >= 0.6 is 6.72 Å². The van der Waals surface area contributed by atoms with E-state index in [1.807, 2.05) is 0 Å². The van der Waals surface area contributed by atoms with Crippen LogP contribution in [0.2, 0.25) is 0 Å². The fraction of sp³-hybridized carbons (Fsp3) is 0.333. The predicted octanol–water partition coefficient (Wildman–Crippen LogP) is 3.32. The highest BCUT2D eigenvalue weighted by molar-refractivity contribution is 8.07. The summed E-state index contributed by atoms with van der Waals surface area (Å²) >= 11 is 5.45. The number of halogens is 4. The zero-order valence-corrected chi connectivity index (χ0v) is 23.0. The summed E-state index contributed by atoms with van der Waals surface area (Å²) in [6.45, 7) is -5.42. The number of aromatic amines is 1. The van der Waals surface area contributed by atoms with Crippen LogP contribution in [0, 0.1) is 5.82 Å². The lowest BCUT2D eigenvalue weighted by molar-refractivity contribution is -0.183. The topological polar surface area (TPSA) is 130 Å². The van der Waals surface area contributed by atoms with Gasteiger partial charge in [0.2, 0.25) is 5.82 Å². The zero-order chi connectivity index (χ0) is 29.9. The number of nitrogens with zero attached hydrogens (tertiary/aromatic N) is 1. The molecule has 1 saturated heterocycles. The molecule has 0 aliphatic carbocycles. The van der Waals surface area contributed by atoms with Gasteiger partial charge in [-0.3, -0.25) is 18.9 Å². The van der Waals surface area contributed by atoms with E-state index in [0.29, 0.717) is 17.7 Å². The molecular weight excluding hydrogens is 599 g/mol. The van der Waals surface area contributed by atoms with Crippen LogP contribution in [0.1, 0.15) is 6.23 Å². The number of H-pyrrole nitrogens is 1. The van der Waals surface area contributed by atoms with Crippen LogP contribution < -0.4 is 29.8 Å². The Morgan fingerprint density at radius 3 is 1.98 bits per heavy atom. The van der Waals surface area contributed by atoms with Crippen LogP contribution in [0.3, 0.4) is 0 Å². The highest BCUT2D eigenvalue weighted by atomic mass is 32.5. The third kappa shape index (κ3) is 6.41. The molecule has 2 aromatic carbocycles. The molecule has 4 unspecified atom stereocenters. The molecule has 1 aromatic heterocycles. The maximum Gasteiger partial charge on any atom is 0.435 e. The number of nitrogens with one attached hydrogen (secondary N) is 1. The van der Waals surface area contributed by atoms with Gasteiger partial charge in [0.05, 0.1) is 27.0 Å². The van der Waals surface area contributed by atoms with Crippen molar-refractivity contribution < 1.29 is 50.5 Å². The molecule has 3 aromatic rings. The largest absolute Gasteiger partial charge is 0.497 e. The summed E-state index contributed by atoms with van der Waals surface area (Å²) < 4.78 is 90.7. The molecule has 2 N–H and O–H groups in total. The minimum Gasteiger partial charge on any atom is -0.497 e. The second-order valence-corrected chi connectivity index (χ2v) is 11.4. The third-order valence-corrected chi connectivity index (χ3v) is 8.05. The minimum absolute atomic E-state index is 0.0889. The van der Waals surface area contributed by atoms with E-state index >= 15 is 4.39 Å². The van der Waals surface area contributed by atoms with Gasteiger partial charge < -0.3 is 28.4 Å². The molecule has 1 fully saturated rings. The molecule has 1 aliphatic heterocycles. The van der Waals surface area contributed by atoms with E-state index in [1.54, 1.807) is 4.98 Å². The Hall–Kier alpha value is -3.43. The quantitative estimate of drug-likeness (QED) is 0.243. The van der Waals surface area contributed by atoms with Crippen molar-refractivity contribution in [3.8, 4) is 23.0 Å². The zero-order valence-electron chi connectivity index (χ0n) is 21.2. The molecule has 0 radical (unpaired) electrons. The van der Waals surface area contributed by atoms with Gasteiger partial charge in [0.25, 0.3) is 12.0 Å². The number of methoxy groups -OCH3 is 2. The fourth-order valence-electron chi connectivity index (χ4n) is 3.80. The first-order valence-electron chi connectivity index (χ1n) is 11.6. The summed E-state index contributed by atoms with van der Waals surface area (Å²) in [6.07, 6.45) is -10.8. The normalized spacial score (nSPS) is 22.5. The molecule has 1 aliphatic rings. The second-order valence-electron chi connectivity index (χ2n) is 8.55. The summed E-state index contributed by atoms with van der Waals surface area (Å²) in [5.41, 5.74) is -5.97. The third-order valence-electron chi connectivity index (χ3n) is 5.97. The van der Waals surface area contributed by atoms with E-state index in [2.05, 4.69) is 0 Å². The van der Waals surface area contributed by atoms with E-state index in [4.69, 9.17) is 39.6 Å². The lowest BCUT2D eigenvalue weighted by Crippen LogP contribution is -2.50. The van der Waals surface area contributed by atoms with Gasteiger partial charge >= 0.3 is 12.4 Å². The summed E-state index contributed by atoms with van der Waals surface area (Å²) in [4.78, 5) is 25.1. The Morgan fingerprint density at radius 1 is 1.02 bits per heavy atom. The first kappa shape index (κ1) is 30.5. The fourth-order valence-corrected chi connectivity index (χ4v) is 5.73. The number of rotatable bonds is 11. The summed E-state index contributed by atoms with van der Waals surface area (Å²) in [5, 5.41) is 10.4. The number of ether oxygens (including phenoxy) is 3. The van der Waals surface area contributed by atoms with Crippen molar-refractivity contribution in [2.24, 2.45) is 0 Å². The van der Waals surface area contributed by atoms with E-state index in [9.17, 15) is 27.9 Å². The highest BCUT2D eigenvalue weighted by Crippen LogP contribution is 2.53. The second kappa shape index (κ2) is 12.2. The molecule has 4 atom stereocenters. The van der Waals surface area contributed by atoms with Crippen molar-refractivity contribution in [1.29, 1.82) is 0 Å². The van der Waals surface area contributed by atoms with Gasteiger partial charge in [0.1, 0.15) is 29.1 Å². The Morgan fingerprint density at radius 2 is 1.51 bits per heavy atom.